The lowest BCUT2D eigenvalue weighted by molar-refractivity contribution is -0.925. The van der Waals surface area contributed by atoms with Crippen LogP contribution in [-0.4, -0.2) is 25.0 Å². The molecular formula is C16H23F2N2O+. The molecule has 5 heteroatoms. The summed E-state index contributed by atoms with van der Waals surface area (Å²) in [6.07, 6.45) is 1.20. The molecule has 1 aliphatic rings. The van der Waals surface area contributed by atoms with Crippen LogP contribution in [0.25, 0.3) is 0 Å². The summed E-state index contributed by atoms with van der Waals surface area (Å²) in [4.78, 5) is 13.5. The maximum Gasteiger partial charge on any atom is 0.282 e. The number of likely N-dealkylation sites (tertiary alicyclic amines) is 1. The predicted molar refractivity (Wildman–Crippen MR) is 78.1 cm³/mol. The Labute approximate surface area is 124 Å². The Hall–Kier alpha value is -1.49. The van der Waals surface area contributed by atoms with Gasteiger partial charge in [-0.3, -0.25) is 4.79 Å². The molecule has 2 N–H and O–H groups in total. The number of anilines is 1. The molecule has 0 aromatic heterocycles. The summed E-state index contributed by atoms with van der Waals surface area (Å²) in [6, 6.07) is 3.20. The minimum atomic E-state index is -0.951. The molecule has 1 amide bonds. The van der Waals surface area contributed by atoms with Gasteiger partial charge >= 0.3 is 0 Å². The van der Waals surface area contributed by atoms with Gasteiger partial charge in [0.05, 0.1) is 13.1 Å². The second kappa shape index (κ2) is 6.52. The summed E-state index contributed by atoms with van der Waals surface area (Å²) in [7, 11) is 0. The number of nitrogens with one attached hydrogen (secondary N) is 2. The van der Waals surface area contributed by atoms with Crippen LogP contribution >= 0.6 is 0 Å². The summed E-state index contributed by atoms with van der Waals surface area (Å²) >= 11 is 0. The van der Waals surface area contributed by atoms with E-state index in [1.807, 2.05) is 6.92 Å². The number of hydrogen-bond donors (Lipinski definition) is 2. The van der Waals surface area contributed by atoms with Crippen LogP contribution in [0, 0.1) is 23.5 Å². The van der Waals surface area contributed by atoms with Crippen molar-refractivity contribution in [3.05, 3.63) is 29.8 Å². The molecule has 2 rings (SSSR count). The van der Waals surface area contributed by atoms with E-state index in [-0.39, 0.29) is 11.9 Å². The number of amides is 1. The van der Waals surface area contributed by atoms with Crippen LogP contribution in [0.3, 0.4) is 0 Å². The summed E-state index contributed by atoms with van der Waals surface area (Å²) in [5, 5.41) is 2.67. The predicted octanol–water partition coefficient (Wildman–Crippen LogP) is 1.85. The van der Waals surface area contributed by atoms with Crippen molar-refractivity contribution in [2.24, 2.45) is 11.8 Å². The molecule has 0 unspecified atom stereocenters. The molecule has 0 bridgehead atoms. The Morgan fingerprint density at radius 1 is 1.24 bits per heavy atom. The molecule has 0 radical (unpaired) electrons. The third kappa shape index (κ3) is 4.00. The van der Waals surface area contributed by atoms with Crippen molar-refractivity contribution >= 4 is 11.6 Å². The van der Waals surface area contributed by atoms with Crippen molar-refractivity contribution in [2.45, 2.75) is 33.2 Å². The minimum absolute atomic E-state index is 0.155. The van der Waals surface area contributed by atoms with Crippen LogP contribution in [0.1, 0.15) is 27.2 Å². The maximum absolute atomic E-state index is 13.2. The fraction of sp³-hybridized carbons (Fsp3) is 0.562. The molecule has 1 saturated heterocycles. The summed E-state index contributed by atoms with van der Waals surface area (Å²) < 4.78 is 26.0. The Balaban J connectivity index is 2.00. The molecule has 0 spiro atoms. The van der Waals surface area contributed by atoms with E-state index in [1.54, 1.807) is 0 Å². The average Bonchev–Trinajstić information content (AvgIpc) is 2.41. The van der Waals surface area contributed by atoms with Gasteiger partial charge in [-0.15, -0.1) is 0 Å². The number of piperidine rings is 1. The molecule has 1 heterocycles. The van der Waals surface area contributed by atoms with Crippen molar-refractivity contribution in [3.63, 3.8) is 0 Å². The molecule has 1 aliphatic heterocycles. The first-order valence-electron chi connectivity index (χ1n) is 7.47. The lowest BCUT2D eigenvalue weighted by atomic mass is 9.91. The fourth-order valence-corrected chi connectivity index (χ4v) is 3.20. The summed E-state index contributed by atoms with van der Waals surface area (Å²) in [5.41, 5.74) is 0.295. The standard InChI is InChI=1S/C16H22F2N2O/c1-10-6-11(2)9-20(8-10)12(3)16(21)19-13-4-5-14(17)15(18)7-13/h4-5,7,10-12H,6,8-9H2,1-3H3,(H,19,21)/p+1/t10-,11-,12-/m0/s1. The fourth-order valence-electron chi connectivity index (χ4n) is 3.20. The molecule has 0 saturated carbocycles. The van der Waals surface area contributed by atoms with Crippen LogP contribution < -0.4 is 10.2 Å². The van der Waals surface area contributed by atoms with E-state index in [4.69, 9.17) is 0 Å². The van der Waals surface area contributed by atoms with Gasteiger partial charge in [-0.05, 0) is 25.5 Å². The second-order valence-electron chi connectivity index (χ2n) is 6.35. The SMILES string of the molecule is C[C@H]1C[C@H](C)C[NH+]([C@@H](C)C(=O)Nc2ccc(F)c(F)c2)C1. The molecule has 1 aromatic carbocycles. The van der Waals surface area contributed by atoms with Gasteiger partial charge < -0.3 is 10.2 Å². The molecule has 3 atom stereocenters. The van der Waals surface area contributed by atoms with Crippen LogP contribution in [-0.2, 0) is 4.79 Å². The third-order valence-electron chi connectivity index (χ3n) is 4.22. The summed E-state index contributed by atoms with van der Waals surface area (Å²) in [6.45, 7) is 8.23. The van der Waals surface area contributed by atoms with E-state index < -0.39 is 11.6 Å². The van der Waals surface area contributed by atoms with Crippen molar-refractivity contribution in [1.29, 1.82) is 0 Å². The highest BCUT2D eigenvalue weighted by molar-refractivity contribution is 5.93. The van der Waals surface area contributed by atoms with Gasteiger partial charge in [-0.2, -0.15) is 0 Å². The van der Waals surface area contributed by atoms with Gasteiger partial charge in [0.2, 0.25) is 0 Å². The Kier molecular flexibility index (Phi) is 4.93. The van der Waals surface area contributed by atoms with E-state index in [0.717, 1.165) is 25.2 Å². The average molecular weight is 297 g/mol. The maximum atomic E-state index is 13.2. The first-order valence-corrected chi connectivity index (χ1v) is 7.47. The second-order valence-corrected chi connectivity index (χ2v) is 6.35. The lowest BCUT2D eigenvalue weighted by Gasteiger charge is -2.35. The van der Waals surface area contributed by atoms with Crippen molar-refractivity contribution in [1.82, 2.24) is 0 Å². The highest BCUT2D eigenvalue weighted by atomic mass is 19.2. The monoisotopic (exact) mass is 297 g/mol. The normalized spacial score (nSPS) is 27.2. The molecule has 0 aliphatic carbocycles. The molecule has 1 fully saturated rings. The van der Waals surface area contributed by atoms with Crippen LogP contribution in [0.2, 0.25) is 0 Å². The largest absolute Gasteiger partial charge is 0.324 e. The number of carbonyl (C=O) groups is 1. The van der Waals surface area contributed by atoms with Gasteiger partial charge in [-0.25, -0.2) is 8.78 Å². The van der Waals surface area contributed by atoms with Crippen LogP contribution in [0.4, 0.5) is 14.5 Å². The zero-order valence-corrected chi connectivity index (χ0v) is 12.7. The number of carbonyl (C=O) groups excluding carboxylic acids is 1. The van der Waals surface area contributed by atoms with Crippen molar-refractivity contribution < 1.29 is 18.5 Å². The van der Waals surface area contributed by atoms with Crippen LogP contribution in [0.15, 0.2) is 18.2 Å². The number of hydrogen-bond acceptors (Lipinski definition) is 1. The molecule has 1 aromatic rings. The zero-order valence-electron chi connectivity index (χ0n) is 12.7. The quantitative estimate of drug-likeness (QED) is 0.877. The Bertz CT molecular complexity index is 511. The van der Waals surface area contributed by atoms with Gasteiger partial charge in [-0.1, -0.05) is 13.8 Å². The number of rotatable bonds is 3. The smallest absolute Gasteiger partial charge is 0.282 e. The summed E-state index contributed by atoms with van der Waals surface area (Å²) in [5.74, 6) is -0.819. The topological polar surface area (TPSA) is 33.5 Å². The first-order chi connectivity index (χ1) is 9.86. The molecule has 21 heavy (non-hydrogen) atoms. The number of quaternary nitrogens is 1. The van der Waals surface area contributed by atoms with E-state index >= 15 is 0 Å². The molecule has 116 valence electrons. The minimum Gasteiger partial charge on any atom is -0.324 e. The van der Waals surface area contributed by atoms with E-state index in [0.29, 0.717) is 17.5 Å². The highest BCUT2D eigenvalue weighted by Crippen LogP contribution is 2.14. The number of benzene rings is 1. The van der Waals surface area contributed by atoms with E-state index in [2.05, 4.69) is 19.2 Å². The zero-order chi connectivity index (χ0) is 15.6. The van der Waals surface area contributed by atoms with Crippen LogP contribution in [0.5, 0.6) is 0 Å². The van der Waals surface area contributed by atoms with Crippen molar-refractivity contribution in [2.75, 3.05) is 18.4 Å². The first kappa shape index (κ1) is 15.9. The van der Waals surface area contributed by atoms with Gasteiger partial charge in [0.1, 0.15) is 0 Å². The highest BCUT2D eigenvalue weighted by Gasteiger charge is 2.32. The lowest BCUT2D eigenvalue weighted by Crippen LogP contribution is -3.18. The van der Waals surface area contributed by atoms with Gasteiger partial charge in [0, 0.05) is 23.6 Å². The molecule has 3 nitrogen and oxygen atoms in total. The third-order valence-corrected chi connectivity index (χ3v) is 4.22. The Morgan fingerprint density at radius 2 is 1.86 bits per heavy atom. The number of halogens is 2. The van der Waals surface area contributed by atoms with Gasteiger partial charge in [0.25, 0.3) is 5.91 Å². The Morgan fingerprint density at radius 3 is 2.43 bits per heavy atom. The van der Waals surface area contributed by atoms with E-state index in [1.165, 1.54) is 17.4 Å². The molecular weight excluding hydrogens is 274 g/mol. The van der Waals surface area contributed by atoms with E-state index in [9.17, 15) is 13.6 Å². The van der Waals surface area contributed by atoms with Crippen molar-refractivity contribution in [3.8, 4) is 0 Å². The van der Waals surface area contributed by atoms with Gasteiger partial charge in [0.15, 0.2) is 17.7 Å².